The Morgan fingerprint density at radius 1 is 1.21 bits per heavy atom. The van der Waals surface area contributed by atoms with Crippen LogP contribution in [0.25, 0.3) is 0 Å². The first-order valence-electron chi connectivity index (χ1n) is 6.15. The number of ketones is 1. The van der Waals surface area contributed by atoms with Gasteiger partial charge in [-0.3, -0.25) is 4.79 Å². The standard InChI is InChI=1S/C16H17NO2/c1-11-8-14(12(2)18)15(17)9-16(11)19-10-13-6-4-3-5-7-13/h3-9H,10,17H2,1-2H3. The first-order valence-corrected chi connectivity index (χ1v) is 6.15. The van der Waals surface area contributed by atoms with Crippen LogP contribution in [-0.2, 0) is 6.61 Å². The first kappa shape index (κ1) is 13.1. The SMILES string of the molecule is CC(=O)c1cc(C)c(OCc2ccccc2)cc1N. The minimum Gasteiger partial charge on any atom is -0.489 e. The van der Waals surface area contributed by atoms with Crippen LogP contribution in [0.1, 0.15) is 28.4 Å². The van der Waals surface area contributed by atoms with Gasteiger partial charge >= 0.3 is 0 Å². The van der Waals surface area contributed by atoms with Crippen LogP contribution in [-0.4, -0.2) is 5.78 Å². The lowest BCUT2D eigenvalue weighted by Crippen LogP contribution is -2.03. The van der Waals surface area contributed by atoms with E-state index < -0.39 is 0 Å². The van der Waals surface area contributed by atoms with Crippen molar-refractivity contribution in [1.29, 1.82) is 0 Å². The fraction of sp³-hybridized carbons (Fsp3) is 0.188. The van der Waals surface area contributed by atoms with Gasteiger partial charge < -0.3 is 10.5 Å². The Morgan fingerprint density at radius 2 is 1.89 bits per heavy atom. The maximum Gasteiger partial charge on any atom is 0.161 e. The van der Waals surface area contributed by atoms with Crippen molar-refractivity contribution in [3.05, 3.63) is 59.2 Å². The quantitative estimate of drug-likeness (QED) is 0.673. The number of carbonyl (C=O) groups excluding carboxylic acids is 1. The fourth-order valence-corrected chi connectivity index (χ4v) is 1.90. The molecule has 0 bridgehead atoms. The van der Waals surface area contributed by atoms with E-state index in [2.05, 4.69) is 0 Å². The van der Waals surface area contributed by atoms with Gasteiger partial charge in [0.15, 0.2) is 5.78 Å². The van der Waals surface area contributed by atoms with Gasteiger partial charge in [-0.05, 0) is 31.0 Å². The number of hydrogen-bond donors (Lipinski definition) is 1. The summed E-state index contributed by atoms with van der Waals surface area (Å²) in [5, 5.41) is 0. The van der Waals surface area contributed by atoms with Crippen molar-refractivity contribution in [3.8, 4) is 5.75 Å². The number of nitrogen functional groups attached to an aromatic ring is 1. The molecule has 0 aliphatic rings. The molecular formula is C16H17NO2. The van der Waals surface area contributed by atoms with Gasteiger partial charge in [0, 0.05) is 17.3 Å². The van der Waals surface area contributed by atoms with E-state index in [4.69, 9.17) is 10.5 Å². The molecule has 3 nitrogen and oxygen atoms in total. The molecule has 0 aliphatic carbocycles. The van der Waals surface area contributed by atoms with Crippen molar-refractivity contribution in [2.45, 2.75) is 20.5 Å². The summed E-state index contributed by atoms with van der Waals surface area (Å²) in [5.41, 5.74) is 8.87. The van der Waals surface area contributed by atoms with Crippen LogP contribution in [0, 0.1) is 6.92 Å². The molecule has 0 aliphatic heterocycles. The van der Waals surface area contributed by atoms with Gasteiger partial charge in [-0.2, -0.15) is 0 Å². The van der Waals surface area contributed by atoms with Gasteiger partial charge in [-0.1, -0.05) is 30.3 Å². The average molecular weight is 255 g/mol. The topological polar surface area (TPSA) is 52.3 Å². The molecule has 0 saturated carbocycles. The van der Waals surface area contributed by atoms with E-state index in [1.165, 1.54) is 6.92 Å². The van der Waals surface area contributed by atoms with Crippen molar-refractivity contribution in [2.75, 3.05) is 5.73 Å². The molecule has 3 heteroatoms. The molecule has 98 valence electrons. The van der Waals surface area contributed by atoms with Gasteiger partial charge in [0.2, 0.25) is 0 Å². The first-order chi connectivity index (χ1) is 9.08. The molecule has 0 fully saturated rings. The van der Waals surface area contributed by atoms with Crippen LogP contribution in [0.3, 0.4) is 0 Å². The van der Waals surface area contributed by atoms with Crippen LogP contribution in [0.5, 0.6) is 5.75 Å². The molecule has 0 amide bonds. The smallest absolute Gasteiger partial charge is 0.161 e. The lowest BCUT2D eigenvalue weighted by Gasteiger charge is -2.12. The molecule has 0 heterocycles. The van der Waals surface area contributed by atoms with E-state index in [-0.39, 0.29) is 5.78 Å². The van der Waals surface area contributed by atoms with Crippen LogP contribution in [0.15, 0.2) is 42.5 Å². The Kier molecular flexibility index (Phi) is 3.85. The van der Waals surface area contributed by atoms with Crippen molar-refractivity contribution in [2.24, 2.45) is 0 Å². The van der Waals surface area contributed by atoms with Gasteiger partial charge in [0.1, 0.15) is 12.4 Å². The number of anilines is 1. The highest BCUT2D eigenvalue weighted by molar-refractivity contribution is 5.99. The van der Waals surface area contributed by atoms with Gasteiger partial charge in [0.05, 0.1) is 0 Å². The number of Topliss-reactive ketones (excluding diaryl/α,β-unsaturated/α-hetero) is 1. The third-order valence-electron chi connectivity index (χ3n) is 2.96. The van der Waals surface area contributed by atoms with E-state index >= 15 is 0 Å². The van der Waals surface area contributed by atoms with E-state index in [1.54, 1.807) is 12.1 Å². The molecule has 0 spiro atoms. The number of rotatable bonds is 4. The fourth-order valence-electron chi connectivity index (χ4n) is 1.90. The lowest BCUT2D eigenvalue weighted by atomic mass is 10.1. The predicted octanol–water partition coefficient (Wildman–Crippen LogP) is 3.36. The molecule has 19 heavy (non-hydrogen) atoms. The summed E-state index contributed by atoms with van der Waals surface area (Å²) in [5.74, 6) is 0.682. The minimum atomic E-state index is -0.0322. The number of aryl methyl sites for hydroxylation is 1. The molecule has 2 aromatic carbocycles. The Hall–Kier alpha value is -2.29. The molecule has 0 saturated heterocycles. The van der Waals surface area contributed by atoms with Gasteiger partial charge in [-0.15, -0.1) is 0 Å². The van der Waals surface area contributed by atoms with Crippen LogP contribution < -0.4 is 10.5 Å². The maximum atomic E-state index is 11.4. The van der Waals surface area contributed by atoms with Crippen molar-refractivity contribution >= 4 is 11.5 Å². The Bertz CT molecular complexity index is 591. The van der Waals surface area contributed by atoms with E-state index in [1.807, 2.05) is 37.3 Å². The normalized spacial score (nSPS) is 10.2. The van der Waals surface area contributed by atoms with Crippen LogP contribution in [0.2, 0.25) is 0 Å². The zero-order chi connectivity index (χ0) is 13.8. The number of carbonyl (C=O) groups is 1. The lowest BCUT2D eigenvalue weighted by molar-refractivity contribution is 0.101. The molecule has 2 N–H and O–H groups in total. The van der Waals surface area contributed by atoms with Gasteiger partial charge in [-0.25, -0.2) is 0 Å². The number of benzene rings is 2. The molecular weight excluding hydrogens is 238 g/mol. The van der Waals surface area contributed by atoms with Crippen molar-refractivity contribution in [3.63, 3.8) is 0 Å². The van der Waals surface area contributed by atoms with Crippen molar-refractivity contribution in [1.82, 2.24) is 0 Å². The summed E-state index contributed by atoms with van der Waals surface area (Å²) in [6.45, 7) is 3.91. The third kappa shape index (κ3) is 3.13. The monoisotopic (exact) mass is 255 g/mol. The summed E-state index contributed by atoms with van der Waals surface area (Å²) in [4.78, 5) is 11.4. The number of ether oxygens (including phenoxy) is 1. The highest BCUT2D eigenvalue weighted by Gasteiger charge is 2.09. The minimum absolute atomic E-state index is 0.0322. The maximum absolute atomic E-state index is 11.4. The number of nitrogens with two attached hydrogens (primary N) is 1. The van der Waals surface area contributed by atoms with E-state index in [9.17, 15) is 4.79 Å². The molecule has 0 unspecified atom stereocenters. The largest absolute Gasteiger partial charge is 0.489 e. The molecule has 0 radical (unpaired) electrons. The van der Waals surface area contributed by atoms with Crippen LogP contribution >= 0.6 is 0 Å². The van der Waals surface area contributed by atoms with E-state index in [0.717, 1.165) is 11.1 Å². The summed E-state index contributed by atoms with van der Waals surface area (Å²) >= 11 is 0. The second kappa shape index (κ2) is 5.57. The summed E-state index contributed by atoms with van der Waals surface area (Å²) in [7, 11) is 0. The number of hydrogen-bond acceptors (Lipinski definition) is 3. The average Bonchev–Trinajstić information content (AvgIpc) is 2.40. The third-order valence-corrected chi connectivity index (χ3v) is 2.96. The molecule has 2 rings (SSSR count). The van der Waals surface area contributed by atoms with E-state index in [0.29, 0.717) is 23.6 Å². The van der Waals surface area contributed by atoms with Crippen molar-refractivity contribution < 1.29 is 9.53 Å². The predicted molar refractivity (Wildman–Crippen MR) is 76.4 cm³/mol. The van der Waals surface area contributed by atoms with Gasteiger partial charge in [0.25, 0.3) is 0 Å². The highest BCUT2D eigenvalue weighted by Crippen LogP contribution is 2.26. The Labute approximate surface area is 113 Å². The zero-order valence-electron chi connectivity index (χ0n) is 11.1. The molecule has 0 atom stereocenters. The molecule has 0 aromatic heterocycles. The Morgan fingerprint density at radius 3 is 2.53 bits per heavy atom. The highest BCUT2D eigenvalue weighted by atomic mass is 16.5. The molecule has 2 aromatic rings. The zero-order valence-corrected chi connectivity index (χ0v) is 11.1. The second-order valence-electron chi connectivity index (χ2n) is 4.54. The Balaban J connectivity index is 2.17. The van der Waals surface area contributed by atoms with Crippen LogP contribution in [0.4, 0.5) is 5.69 Å². The summed E-state index contributed by atoms with van der Waals surface area (Å²) < 4.78 is 5.75. The second-order valence-corrected chi connectivity index (χ2v) is 4.54. The summed E-state index contributed by atoms with van der Waals surface area (Å²) in [6, 6.07) is 13.4. The summed E-state index contributed by atoms with van der Waals surface area (Å²) in [6.07, 6.45) is 0.